The maximum atomic E-state index is 8.87. The van der Waals surface area contributed by atoms with Gasteiger partial charge in [0.05, 0.1) is 12.8 Å². The molecule has 5 heteroatoms. The summed E-state index contributed by atoms with van der Waals surface area (Å²) in [5.74, 6) is 0.343. The van der Waals surface area contributed by atoms with Crippen LogP contribution in [-0.2, 0) is 0 Å². The Morgan fingerprint density at radius 3 is 3.24 bits per heavy atom. The van der Waals surface area contributed by atoms with Crippen LogP contribution < -0.4 is 4.74 Å². The molecule has 17 heavy (non-hydrogen) atoms. The molecule has 1 aliphatic heterocycles. The van der Waals surface area contributed by atoms with E-state index in [1.165, 1.54) is 25.6 Å². The summed E-state index contributed by atoms with van der Waals surface area (Å²) < 4.78 is 5.52. The summed E-state index contributed by atoms with van der Waals surface area (Å²) in [6.45, 7) is 1.75. The molecule has 5 nitrogen and oxygen atoms in total. The summed E-state index contributed by atoms with van der Waals surface area (Å²) in [6, 6.07) is 4.25. The highest BCUT2D eigenvalue weighted by atomic mass is 16.5. The first-order valence-electron chi connectivity index (χ1n) is 5.86. The van der Waals surface area contributed by atoms with Crippen molar-refractivity contribution in [1.29, 1.82) is 5.26 Å². The largest absolute Gasteiger partial charge is 0.476 e. The number of nitriles is 1. The average molecular weight is 232 g/mol. The zero-order chi connectivity index (χ0) is 12.1. The van der Waals surface area contributed by atoms with E-state index in [9.17, 15) is 0 Å². The molecule has 0 spiro atoms. The Bertz CT molecular complexity index is 415. The van der Waals surface area contributed by atoms with Crippen LogP contribution in [0.5, 0.6) is 5.88 Å². The number of hydrogen-bond acceptors (Lipinski definition) is 5. The third kappa shape index (κ3) is 2.92. The summed E-state index contributed by atoms with van der Waals surface area (Å²) in [5, 5.41) is 16.4. The van der Waals surface area contributed by atoms with Crippen LogP contribution in [0.25, 0.3) is 0 Å². The smallest absolute Gasteiger partial charge is 0.251 e. The molecular formula is C12H16N4O. The summed E-state index contributed by atoms with van der Waals surface area (Å²) in [6.07, 6.45) is 4.95. The third-order valence-electron chi connectivity index (χ3n) is 3.17. The van der Waals surface area contributed by atoms with Crippen LogP contribution in [-0.4, -0.2) is 41.3 Å². The molecule has 1 aliphatic rings. The molecule has 1 aromatic heterocycles. The van der Waals surface area contributed by atoms with Crippen molar-refractivity contribution >= 4 is 0 Å². The van der Waals surface area contributed by atoms with Gasteiger partial charge in [0.15, 0.2) is 0 Å². The number of aromatic nitrogens is 2. The second kappa shape index (κ2) is 5.60. The summed E-state index contributed by atoms with van der Waals surface area (Å²) in [5.41, 5.74) is 0.444. The van der Waals surface area contributed by atoms with Gasteiger partial charge in [0.25, 0.3) is 5.88 Å². The topological polar surface area (TPSA) is 62.0 Å². The van der Waals surface area contributed by atoms with E-state index in [1.54, 1.807) is 6.07 Å². The second-order valence-corrected chi connectivity index (χ2v) is 4.28. The Labute approximate surface area is 101 Å². The summed E-state index contributed by atoms with van der Waals surface area (Å²) in [4.78, 5) is 2.35. The maximum Gasteiger partial charge on any atom is 0.251 e. The molecule has 0 radical (unpaired) electrons. The monoisotopic (exact) mass is 232 g/mol. The molecule has 1 atom stereocenters. The molecule has 0 bridgehead atoms. The van der Waals surface area contributed by atoms with Gasteiger partial charge in [-0.2, -0.15) is 10.4 Å². The van der Waals surface area contributed by atoms with Crippen LogP contribution in [0.1, 0.15) is 24.8 Å². The predicted molar refractivity (Wildman–Crippen MR) is 62.5 cm³/mol. The van der Waals surface area contributed by atoms with E-state index in [4.69, 9.17) is 10.00 Å². The molecule has 0 aromatic carbocycles. The lowest BCUT2D eigenvalue weighted by Gasteiger charge is -2.18. The van der Waals surface area contributed by atoms with Crippen LogP contribution in [0.15, 0.2) is 12.3 Å². The van der Waals surface area contributed by atoms with Crippen molar-refractivity contribution in [2.45, 2.75) is 25.3 Å². The molecule has 1 aromatic rings. The van der Waals surface area contributed by atoms with Crippen LogP contribution in [0.3, 0.4) is 0 Å². The van der Waals surface area contributed by atoms with Crippen LogP contribution >= 0.6 is 0 Å². The van der Waals surface area contributed by atoms with E-state index in [1.807, 2.05) is 6.07 Å². The van der Waals surface area contributed by atoms with E-state index >= 15 is 0 Å². The van der Waals surface area contributed by atoms with Gasteiger partial charge in [0.1, 0.15) is 11.6 Å². The van der Waals surface area contributed by atoms with E-state index in [0.717, 1.165) is 6.42 Å². The quantitative estimate of drug-likeness (QED) is 0.780. The molecule has 0 saturated carbocycles. The van der Waals surface area contributed by atoms with Crippen molar-refractivity contribution in [3.63, 3.8) is 0 Å². The van der Waals surface area contributed by atoms with Gasteiger partial charge in [-0.1, -0.05) is 0 Å². The van der Waals surface area contributed by atoms with Crippen LogP contribution in [0, 0.1) is 11.3 Å². The van der Waals surface area contributed by atoms with Crippen molar-refractivity contribution in [1.82, 2.24) is 15.1 Å². The van der Waals surface area contributed by atoms with Gasteiger partial charge in [-0.05, 0) is 38.9 Å². The fourth-order valence-corrected chi connectivity index (χ4v) is 2.15. The zero-order valence-corrected chi connectivity index (χ0v) is 9.96. The number of likely N-dealkylation sites (tertiary alicyclic amines) is 1. The minimum absolute atomic E-state index is 0.343. The molecule has 1 unspecified atom stereocenters. The Hall–Kier alpha value is -1.67. The van der Waals surface area contributed by atoms with E-state index < -0.39 is 0 Å². The van der Waals surface area contributed by atoms with Crippen LogP contribution in [0.4, 0.5) is 0 Å². The lowest BCUT2D eigenvalue weighted by atomic mass is 10.1. The van der Waals surface area contributed by atoms with Gasteiger partial charge >= 0.3 is 0 Å². The number of hydrogen-bond donors (Lipinski definition) is 0. The fraction of sp³-hybridized carbons (Fsp3) is 0.583. The molecule has 0 amide bonds. The van der Waals surface area contributed by atoms with Gasteiger partial charge < -0.3 is 9.64 Å². The zero-order valence-electron chi connectivity index (χ0n) is 9.96. The SMILES string of the molecule is CN1CCCC1CCOc1nnccc1C#N. The van der Waals surface area contributed by atoms with Crippen molar-refractivity contribution < 1.29 is 4.74 Å². The van der Waals surface area contributed by atoms with Crippen molar-refractivity contribution in [3.05, 3.63) is 17.8 Å². The highest BCUT2D eigenvalue weighted by Gasteiger charge is 2.20. The Morgan fingerprint density at radius 2 is 2.53 bits per heavy atom. The molecular weight excluding hydrogens is 216 g/mol. The second-order valence-electron chi connectivity index (χ2n) is 4.28. The molecule has 0 aliphatic carbocycles. The summed E-state index contributed by atoms with van der Waals surface area (Å²) >= 11 is 0. The van der Waals surface area contributed by atoms with E-state index in [2.05, 4.69) is 22.1 Å². The van der Waals surface area contributed by atoms with E-state index in [-0.39, 0.29) is 0 Å². The third-order valence-corrected chi connectivity index (χ3v) is 3.17. The molecule has 2 heterocycles. The standard InChI is InChI=1S/C12H16N4O/c1-16-7-2-3-11(16)5-8-17-12-10(9-13)4-6-14-15-12/h4,6,11H,2-3,5,7-8H2,1H3. The predicted octanol–water partition coefficient (Wildman–Crippen LogP) is 1.21. The minimum atomic E-state index is 0.343. The van der Waals surface area contributed by atoms with Gasteiger partial charge in [-0.25, -0.2) is 0 Å². The molecule has 2 rings (SSSR count). The van der Waals surface area contributed by atoms with Gasteiger partial charge in [0.2, 0.25) is 0 Å². The van der Waals surface area contributed by atoms with Crippen molar-refractivity contribution in [3.8, 4) is 11.9 Å². The molecule has 90 valence electrons. The first-order chi connectivity index (χ1) is 8.31. The fourth-order valence-electron chi connectivity index (χ4n) is 2.15. The molecule has 1 fully saturated rings. The van der Waals surface area contributed by atoms with Crippen LogP contribution in [0.2, 0.25) is 0 Å². The van der Waals surface area contributed by atoms with Gasteiger partial charge in [-0.3, -0.25) is 0 Å². The highest BCUT2D eigenvalue weighted by molar-refractivity contribution is 5.35. The average Bonchev–Trinajstić information content (AvgIpc) is 2.76. The lowest BCUT2D eigenvalue weighted by Crippen LogP contribution is -2.26. The van der Waals surface area contributed by atoms with E-state index in [0.29, 0.717) is 24.1 Å². The van der Waals surface area contributed by atoms with Gasteiger partial charge in [-0.15, -0.1) is 5.10 Å². The number of nitrogens with zero attached hydrogens (tertiary/aromatic N) is 4. The lowest BCUT2D eigenvalue weighted by molar-refractivity contribution is 0.227. The molecule has 1 saturated heterocycles. The minimum Gasteiger partial charge on any atom is -0.476 e. The highest BCUT2D eigenvalue weighted by Crippen LogP contribution is 2.18. The van der Waals surface area contributed by atoms with Crippen molar-refractivity contribution in [2.75, 3.05) is 20.2 Å². The summed E-state index contributed by atoms with van der Waals surface area (Å²) in [7, 11) is 2.14. The first kappa shape index (κ1) is 11.8. The van der Waals surface area contributed by atoms with Gasteiger partial charge in [0, 0.05) is 6.04 Å². The van der Waals surface area contributed by atoms with Crippen molar-refractivity contribution in [2.24, 2.45) is 0 Å². The first-order valence-corrected chi connectivity index (χ1v) is 5.86. The normalized spacial score (nSPS) is 20.1. The maximum absolute atomic E-state index is 8.87. The number of ether oxygens (including phenoxy) is 1. The Kier molecular flexibility index (Phi) is 3.89. The Morgan fingerprint density at radius 1 is 1.65 bits per heavy atom. The molecule has 0 N–H and O–H groups in total. The number of rotatable bonds is 4. The Balaban J connectivity index is 1.84.